The lowest BCUT2D eigenvalue weighted by Gasteiger charge is -2.26. The molecule has 2 heterocycles. The van der Waals surface area contributed by atoms with Crippen molar-refractivity contribution in [2.24, 2.45) is 0 Å². The van der Waals surface area contributed by atoms with E-state index in [0.717, 1.165) is 24.8 Å². The summed E-state index contributed by atoms with van der Waals surface area (Å²) in [4.78, 5) is 27.1. The van der Waals surface area contributed by atoms with Gasteiger partial charge in [-0.15, -0.1) is 0 Å². The van der Waals surface area contributed by atoms with Gasteiger partial charge in [0.1, 0.15) is 11.8 Å². The molecule has 0 aliphatic carbocycles. The lowest BCUT2D eigenvalue weighted by Crippen LogP contribution is -2.47. The van der Waals surface area contributed by atoms with Crippen molar-refractivity contribution in [1.82, 2.24) is 9.62 Å². The summed E-state index contributed by atoms with van der Waals surface area (Å²) in [6.07, 6.45) is 3.01. The van der Waals surface area contributed by atoms with Gasteiger partial charge in [-0.05, 0) is 42.7 Å². The fraction of sp³-hybridized carbons (Fsp3) is 0.417. The van der Waals surface area contributed by atoms with Gasteiger partial charge in [-0.3, -0.25) is 14.5 Å². The highest BCUT2D eigenvalue weighted by atomic mass is 32.2. The van der Waals surface area contributed by atoms with E-state index >= 15 is 0 Å². The van der Waals surface area contributed by atoms with Crippen LogP contribution in [-0.2, 0) is 32.6 Å². The number of para-hydroxylation sites is 1. The number of hydrogen-bond acceptors (Lipinski definition) is 5. The molecule has 2 aromatic carbocycles. The zero-order valence-electron chi connectivity index (χ0n) is 18.9. The Kier molecular flexibility index (Phi) is 6.71. The van der Waals surface area contributed by atoms with Crippen molar-refractivity contribution in [3.63, 3.8) is 0 Å². The molecular weight excluding hydrogens is 442 g/mol. The number of rotatable bonds is 6. The number of ether oxygens (including phenoxy) is 1. The van der Waals surface area contributed by atoms with Crippen LogP contribution in [0.15, 0.2) is 47.4 Å². The molecule has 2 aliphatic heterocycles. The number of methoxy groups -OCH3 is 1. The van der Waals surface area contributed by atoms with Crippen LogP contribution in [0.25, 0.3) is 0 Å². The molecule has 33 heavy (non-hydrogen) atoms. The minimum Gasteiger partial charge on any atom is -0.496 e. The number of piperidine rings is 1. The Morgan fingerprint density at radius 3 is 2.52 bits per heavy atom. The molecule has 1 atom stereocenters. The molecule has 0 radical (unpaired) electrons. The number of benzene rings is 2. The summed E-state index contributed by atoms with van der Waals surface area (Å²) >= 11 is 0. The van der Waals surface area contributed by atoms with Gasteiger partial charge >= 0.3 is 0 Å². The van der Waals surface area contributed by atoms with E-state index < -0.39 is 16.1 Å². The Hall–Kier alpha value is -2.91. The average molecular weight is 472 g/mol. The van der Waals surface area contributed by atoms with Crippen LogP contribution in [0.5, 0.6) is 5.75 Å². The lowest BCUT2D eigenvalue weighted by molar-refractivity contribution is -0.125. The van der Waals surface area contributed by atoms with Gasteiger partial charge in [-0.25, -0.2) is 8.42 Å². The normalized spacial score (nSPS) is 18.6. The summed E-state index contributed by atoms with van der Waals surface area (Å²) in [5.41, 5.74) is 2.09. The van der Waals surface area contributed by atoms with Crippen molar-refractivity contribution in [3.05, 3.63) is 53.6 Å². The molecule has 0 aromatic heterocycles. The lowest BCUT2D eigenvalue weighted by atomic mass is 10.1. The smallest absolute Gasteiger partial charge is 0.243 e. The van der Waals surface area contributed by atoms with Crippen molar-refractivity contribution in [2.45, 2.75) is 50.1 Å². The summed E-state index contributed by atoms with van der Waals surface area (Å²) in [6, 6.07) is 11.5. The summed E-state index contributed by atoms with van der Waals surface area (Å²) in [5.74, 6) is 0.106. The van der Waals surface area contributed by atoms with Crippen LogP contribution in [0, 0.1) is 0 Å². The predicted molar refractivity (Wildman–Crippen MR) is 125 cm³/mol. The molecule has 0 spiro atoms. The zero-order chi connectivity index (χ0) is 23.6. The monoisotopic (exact) mass is 471 g/mol. The fourth-order valence-electron chi connectivity index (χ4n) is 4.59. The first kappa shape index (κ1) is 23.3. The van der Waals surface area contributed by atoms with E-state index in [1.807, 2.05) is 24.3 Å². The summed E-state index contributed by atoms with van der Waals surface area (Å²) in [5, 5.41) is 2.89. The van der Waals surface area contributed by atoms with Gasteiger partial charge in [0.05, 0.1) is 12.0 Å². The number of amides is 2. The summed E-state index contributed by atoms with van der Waals surface area (Å²) in [6.45, 7) is 2.71. The predicted octanol–water partition coefficient (Wildman–Crippen LogP) is 2.46. The number of nitrogens with zero attached hydrogens (tertiary/aromatic N) is 2. The molecule has 1 saturated heterocycles. The largest absolute Gasteiger partial charge is 0.496 e. The van der Waals surface area contributed by atoms with Crippen molar-refractivity contribution >= 4 is 27.5 Å². The van der Waals surface area contributed by atoms with E-state index in [-0.39, 0.29) is 29.7 Å². The molecule has 1 fully saturated rings. The molecule has 176 valence electrons. The molecule has 1 N–H and O–H groups in total. The van der Waals surface area contributed by atoms with Gasteiger partial charge in [0.15, 0.2) is 0 Å². The van der Waals surface area contributed by atoms with Crippen LogP contribution in [0.4, 0.5) is 5.69 Å². The number of anilines is 1. The number of hydrogen-bond donors (Lipinski definition) is 1. The minimum absolute atomic E-state index is 0.210. The van der Waals surface area contributed by atoms with Gasteiger partial charge in [-0.1, -0.05) is 24.6 Å². The third kappa shape index (κ3) is 4.60. The number of carbonyl (C=O) groups is 2. The van der Waals surface area contributed by atoms with E-state index in [0.29, 0.717) is 30.1 Å². The van der Waals surface area contributed by atoms with Gasteiger partial charge in [0.25, 0.3) is 0 Å². The van der Waals surface area contributed by atoms with Crippen molar-refractivity contribution in [3.8, 4) is 5.75 Å². The molecule has 0 unspecified atom stereocenters. The van der Waals surface area contributed by atoms with E-state index in [9.17, 15) is 18.0 Å². The third-order valence-corrected chi connectivity index (χ3v) is 8.17. The molecular formula is C24H29N3O5S. The van der Waals surface area contributed by atoms with Crippen LogP contribution in [0.1, 0.15) is 37.3 Å². The second kappa shape index (κ2) is 9.52. The quantitative estimate of drug-likeness (QED) is 0.698. The first-order valence-electron chi connectivity index (χ1n) is 11.2. The van der Waals surface area contributed by atoms with Gasteiger partial charge in [0, 0.05) is 44.2 Å². The van der Waals surface area contributed by atoms with E-state index in [1.54, 1.807) is 19.2 Å². The number of fused-ring (bicyclic) bond motifs is 1. The zero-order valence-corrected chi connectivity index (χ0v) is 19.7. The Labute approximate surface area is 194 Å². The Bertz CT molecular complexity index is 1160. The van der Waals surface area contributed by atoms with E-state index in [4.69, 9.17) is 4.74 Å². The molecule has 2 aliphatic rings. The second-order valence-corrected chi connectivity index (χ2v) is 10.3. The highest BCUT2D eigenvalue weighted by molar-refractivity contribution is 7.89. The van der Waals surface area contributed by atoms with Crippen LogP contribution >= 0.6 is 0 Å². The molecule has 2 aromatic rings. The minimum atomic E-state index is -3.60. The van der Waals surface area contributed by atoms with Crippen LogP contribution in [0.3, 0.4) is 0 Å². The third-order valence-electron chi connectivity index (χ3n) is 6.28. The first-order valence-corrected chi connectivity index (χ1v) is 12.6. The fourth-order valence-corrected chi connectivity index (χ4v) is 6.16. The van der Waals surface area contributed by atoms with Gasteiger partial charge in [0.2, 0.25) is 21.8 Å². The number of nitrogens with one attached hydrogen (secondary N) is 1. The Morgan fingerprint density at radius 1 is 1.09 bits per heavy atom. The summed E-state index contributed by atoms with van der Waals surface area (Å²) < 4.78 is 33.0. The standard InChI is InChI=1S/C24H29N3O5S/c1-17(28)27-21-11-10-20(33(30,31)26-12-6-3-7-13-26)14-19(21)15-22(27)24(29)25-16-18-8-4-5-9-23(18)32-2/h4-5,8-11,14,22H,3,6-7,12-13,15-16H2,1-2H3,(H,25,29)/t22-/m1/s1. The van der Waals surface area contributed by atoms with Crippen LogP contribution in [0.2, 0.25) is 0 Å². The molecule has 2 amide bonds. The molecule has 0 bridgehead atoms. The topological polar surface area (TPSA) is 96.0 Å². The molecule has 9 heteroatoms. The van der Waals surface area contributed by atoms with Crippen LogP contribution < -0.4 is 15.0 Å². The highest BCUT2D eigenvalue weighted by Gasteiger charge is 2.38. The first-order chi connectivity index (χ1) is 15.8. The maximum Gasteiger partial charge on any atom is 0.243 e. The van der Waals surface area contributed by atoms with Crippen molar-refractivity contribution < 1.29 is 22.7 Å². The number of sulfonamides is 1. The van der Waals surface area contributed by atoms with E-state index in [2.05, 4.69) is 5.32 Å². The average Bonchev–Trinajstić information content (AvgIpc) is 3.22. The van der Waals surface area contributed by atoms with Gasteiger partial charge < -0.3 is 10.1 Å². The molecule has 8 nitrogen and oxygen atoms in total. The highest BCUT2D eigenvalue weighted by Crippen LogP contribution is 2.35. The molecule has 0 saturated carbocycles. The summed E-state index contributed by atoms with van der Waals surface area (Å²) in [7, 11) is -2.03. The second-order valence-electron chi connectivity index (χ2n) is 8.39. The number of carbonyl (C=O) groups excluding carboxylic acids is 2. The molecule has 4 rings (SSSR count). The Morgan fingerprint density at radius 2 is 1.82 bits per heavy atom. The van der Waals surface area contributed by atoms with Crippen LogP contribution in [-0.4, -0.2) is 50.8 Å². The maximum atomic E-state index is 13.1. The van der Waals surface area contributed by atoms with Gasteiger partial charge in [-0.2, -0.15) is 4.31 Å². The maximum absolute atomic E-state index is 13.1. The Balaban J connectivity index is 1.55. The van der Waals surface area contributed by atoms with E-state index in [1.165, 1.54) is 22.2 Å². The van der Waals surface area contributed by atoms with Crippen molar-refractivity contribution in [1.29, 1.82) is 0 Å². The SMILES string of the molecule is COc1ccccc1CNC(=O)[C@H]1Cc2cc(S(=O)(=O)N3CCCCC3)ccc2N1C(C)=O. The van der Waals surface area contributed by atoms with Crippen molar-refractivity contribution in [2.75, 3.05) is 25.1 Å².